The van der Waals surface area contributed by atoms with E-state index in [0.717, 1.165) is 11.3 Å². The number of hydrogen-bond acceptors (Lipinski definition) is 3. The summed E-state index contributed by atoms with van der Waals surface area (Å²) < 4.78 is 5.64. The van der Waals surface area contributed by atoms with Crippen LogP contribution in [0.3, 0.4) is 0 Å². The average molecular weight is 353 g/mol. The fourth-order valence-corrected chi connectivity index (χ4v) is 2.10. The van der Waals surface area contributed by atoms with Crippen LogP contribution in [0.2, 0.25) is 0 Å². The Morgan fingerprint density at radius 1 is 1.20 bits per heavy atom. The van der Waals surface area contributed by atoms with Crippen molar-refractivity contribution in [2.24, 2.45) is 0 Å². The molecule has 1 amide bonds. The minimum Gasteiger partial charge on any atom is -0.444 e. The first-order valence-electron chi connectivity index (χ1n) is 5.90. The molecular formula is C14H13BrN2O2S. The monoisotopic (exact) mass is 352 g/mol. The van der Waals surface area contributed by atoms with E-state index in [9.17, 15) is 4.79 Å². The Bertz CT molecular complexity index is 667. The Morgan fingerprint density at radius 3 is 2.55 bits per heavy atom. The number of anilines is 1. The molecule has 1 heterocycles. The molecule has 0 radical (unpaired) electrons. The van der Waals surface area contributed by atoms with Gasteiger partial charge in [-0.25, -0.2) is 0 Å². The van der Waals surface area contributed by atoms with Crippen molar-refractivity contribution < 1.29 is 9.21 Å². The van der Waals surface area contributed by atoms with Gasteiger partial charge in [0.05, 0.1) is 0 Å². The molecule has 6 heteroatoms. The van der Waals surface area contributed by atoms with E-state index in [0.29, 0.717) is 4.67 Å². The zero-order chi connectivity index (χ0) is 14.7. The summed E-state index contributed by atoms with van der Waals surface area (Å²) in [5.41, 5.74) is 3.18. The molecule has 4 nitrogen and oxygen atoms in total. The third kappa shape index (κ3) is 3.68. The van der Waals surface area contributed by atoms with E-state index in [1.807, 2.05) is 32.0 Å². The van der Waals surface area contributed by atoms with Gasteiger partial charge in [0.15, 0.2) is 15.5 Å². The summed E-state index contributed by atoms with van der Waals surface area (Å²) in [5.74, 6) is -0.196. The van der Waals surface area contributed by atoms with Gasteiger partial charge >= 0.3 is 0 Å². The highest BCUT2D eigenvalue weighted by Gasteiger charge is 2.12. The molecule has 0 aliphatic carbocycles. The number of furan rings is 1. The topological polar surface area (TPSA) is 54.3 Å². The molecule has 0 spiro atoms. The number of aryl methyl sites for hydroxylation is 2. The van der Waals surface area contributed by atoms with Gasteiger partial charge in [0.2, 0.25) is 0 Å². The summed E-state index contributed by atoms with van der Waals surface area (Å²) in [7, 11) is 0. The molecular weight excluding hydrogens is 340 g/mol. The molecule has 104 valence electrons. The largest absolute Gasteiger partial charge is 0.444 e. The Labute approximate surface area is 130 Å². The maximum absolute atomic E-state index is 11.8. The van der Waals surface area contributed by atoms with Crippen molar-refractivity contribution in [1.82, 2.24) is 5.32 Å². The van der Waals surface area contributed by atoms with E-state index >= 15 is 0 Å². The summed E-state index contributed by atoms with van der Waals surface area (Å²) in [6, 6.07) is 9.08. The normalized spacial score (nSPS) is 10.2. The maximum atomic E-state index is 11.8. The molecule has 0 fully saturated rings. The fraction of sp³-hybridized carbons (Fsp3) is 0.143. The molecule has 2 rings (SSSR count). The van der Waals surface area contributed by atoms with Crippen molar-refractivity contribution in [3.63, 3.8) is 0 Å². The van der Waals surface area contributed by atoms with E-state index in [1.54, 1.807) is 12.1 Å². The van der Waals surface area contributed by atoms with Crippen molar-refractivity contribution >= 4 is 44.9 Å². The molecule has 2 N–H and O–H groups in total. The number of carbonyl (C=O) groups excluding carboxylic acids is 1. The quantitative estimate of drug-likeness (QED) is 0.807. The first kappa shape index (κ1) is 14.7. The zero-order valence-electron chi connectivity index (χ0n) is 11.0. The van der Waals surface area contributed by atoms with Gasteiger partial charge < -0.3 is 9.73 Å². The highest BCUT2D eigenvalue weighted by Crippen LogP contribution is 2.15. The van der Waals surface area contributed by atoms with Crippen LogP contribution in [0, 0.1) is 13.8 Å². The lowest BCUT2D eigenvalue weighted by molar-refractivity contribution is 0.0949. The molecule has 0 saturated carbocycles. The Kier molecular flexibility index (Phi) is 4.57. The number of amides is 1. The summed E-state index contributed by atoms with van der Waals surface area (Å²) in [5, 5.41) is 5.75. The van der Waals surface area contributed by atoms with Crippen molar-refractivity contribution in [3.8, 4) is 0 Å². The van der Waals surface area contributed by atoms with Gasteiger partial charge in [-0.1, -0.05) is 6.07 Å². The van der Waals surface area contributed by atoms with Gasteiger partial charge in [-0.05, 0) is 77.4 Å². The van der Waals surface area contributed by atoms with Gasteiger partial charge in [-0.3, -0.25) is 10.1 Å². The second-order valence-electron chi connectivity index (χ2n) is 4.31. The number of nitrogens with one attached hydrogen (secondary N) is 2. The summed E-state index contributed by atoms with van der Waals surface area (Å²) in [6.07, 6.45) is 0. The lowest BCUT2D eigenvalue weighted by Gasteiger charge is -2.10. The predicted molar refractivity (Wildman–Crippen MR) is 86.0 cm³/mol. The van der Waals surface area contributed by atoms with Crippen LogP contribution in [0.1, 0.15) is 21.7 Å². The van der Waals surface area contributed by atoms with Crippen molar-refractivity contribution in [2.75, 3.05) is 5.32 Å². The Morgan fingerprint density at radius 2 is 1.95 bits per heavy atom. The van der Waals surface area contributed by atoms with Crippen LogP contribution in [-0.2, 0) is 0 Å². The first-order valence-corrected chi connectivity index (χ1v) is 7.11. The SMILES string of the molecule is Cc1ccc(NC(=S)NC(=O)c2ccc(Br)o2)cc1C. The smallest absolute Gasteiger partial charge is 0.293 e. The minimum atomic E-state index is -0.392. The number of carbonyl (C=O) groups is 1. The van der Waals surface area contributed by atoms with Crippen molar-refractivity contribution in [3.05, 3.63) is 51.9 Å². The Hall–Kier alpha value is -1.66. The van der Waals surface area contributed by atoms with E-state index in [4.69, 9.17) is 16.6 Å². The molecule has 0 aliphatic heterocycles. The van der Waals surface area contributed by atoms with E-state index in [1.165, 1.54) is 5.56 Å². The molecule has 0 bridgehead atoms. The summed E-state index contributed by atoms with van der Waals surface area (Å²) in [4.78, 5) is 11.8. The lowest BCUT2D eigenvalue weighted by Crippen LogP contribution is -2.33. The van der Waals surface area contributed by atoms with Gasteiger partial charge in [-0.2, -0.15) is 0 Å². The molecule has 0 aliphatic rings. The van der Waals surface area contributed by atoms with E-state index < -0.39 is 5.91 Å². The van der Waals surface area contributed by atoms with Crippen LogP contribution in [0.15, 0.2) is 39.4 Å². The van der Waals surface area contributed by atoms with Gasteiger partial charge in [0, 0.05) is 5.69 Å². The van der Waals surface area contributed by atoms with Crippen LogP contribution < -0.4 is 10.6 Å². The van der Waals surface area contributed by atoms with Gasteiger partial charge in [0.25, 0.3) is 5.91 Å². The van der Waals surface area contributed by atoms with Crippen molar-refractivity contribution in [2.45, 2.75) is 13.8 Å². The molecule has 1 aromatic heterocycles. The van der Waals surface area contributed by atoms with Crippen LogP contribution in [0.4, 0.5) is 5.69 Å². The third-order valence-corrected chi connectivity index (χ3v) is 3.42. The number of rotatable bonds is 2. The van der Waals surface area contributed by atoms with Gasteiger partial charge in [-0.15, -0.1) is 0 Å². The molecule has 0 saturated heterocycles. The van der Waals surface area contributed by atoms with Crippen LogP contribution in [0.5, 0.6) is 0 Å². The second-order valence-corrected chi connectivity index (χ2v) is 5.50. The highest BCUT2D eigenvalue weighted by atomic mass is 79.9. The van der Waals surface area contributed by atoms with Crippen LogP contribution in [0.25, 0.3) is 0 Å². The number of benzene rings is 1. The molecule has 20 heavy (non-hydrogen) atoms. The predicted octanol–water partition coefficient (Wildman–Crippen LogP) is 3.79. The number of hydrogen-bond donors (Lipinski definition) is 2. The maximum Gasteiger partial charge on any atom is 0.293 e. The first-order chi connectivity index (χ1) is 9.45. The fourth-order valence-electron chi connectivity index (χ4n) is 1.58. The standard InChI is InChI=1S/C14H13BrN2O2S/c1-8-3-4-10(7-9(8)2)16-14(20)17-13(18)11-5-6-12(15)19-11/h3-7H,1-2H3,(H2,16,17,18,20). The van der Waals surface area contributed by atoms with Crippen LogP contribution in [-0.4, -0.2) is 11.0 Å². The number of thiocarbonyl (C=S) groups is 1. The second kappa shape index (κ2) is 6.19. The molecule has 0 atom stereocenters. The highest BCUT2D eigenvalue weighted by molar-refractivity contribution is 9.10. The molecule has 0 unspecified atom stereocenters. The lowest BCUT2D eigenvalue weighted by atomic mass is 10.1. The number of halogens is 1. The summed E-state index contributed by atoms with van der Waals surface area (Å²) >= 11 is 8.24. The zero-order valence-corrected chi connectivity index (χ0v) is 13.4. The minimum absolute atomic E-state index is 0.195. The molecule has 2 aromatic rings. The van der Waals surface area contributed by atoms with Crippen molar-refractivity contribution in [1.29, 1.82) is 0 Å². The average Bonchev–Trinajstić information content (AvgIpc) is 2.80. The van der Waals surface area contributed by atoms with Crippen LogP contribution >= 0.6 is 28.1 Å². The van der Waals surface area contributed by atoms with Gasteiger partial charge in [0.1, 0.15) is 0 Å². The third-order valence-electron chi connectivity index (χ3n) is 2.79. The Balaban J connectivity index is 1.98. The summed E-state index contributed by atoms with van der Waals surface area (Å²) in [6.45, 7) is 4.05. The van der Waals surface area contributed by atoms with E-state index in [-0.39, 0.29) is 10.9 Å². The van der Waals surface area contributed by atoms with E-state index in [2.05, 4.69) is 26.6 Å². The molecule has 1 aromatic carbocycles.